The number of carboxylic acid groups (broad SMARTS) is 1. The van der Waals surface area contributed by atoms with Gasteiger partial charge in [0, 0.05) is 30.1 Å². The van der Waals surface area contributed by atoms with Crippen molar-refractivity contribution in [3.63, 3.8) is 0 Å². The first-order chi connectivity index (χ1) is 15.8. The van der Waals surface area contributed by atoms with Crippen molar-refractivity contribution in [2.45, 2.75) is 32.2 Å². The molecule has 0 saturated carbocycles. The van der Waals surface area contributed by atoms with Crippen LogP contribution in [0.4, 0.5) is 13.6 Å². The summed E-state index contributed by atoms with van der Waals surface area (Å²) in [5.41, 5.74) is -1.51. The van der Waals surface area contributed by atoms with Gasteiger partial charge >= 0.3 is 6.09 Å². The molecule has 1 aromatic carbocycles. The van der Waals surface area contributed by atoms with Crippen LogP contribution in [-0.2, 0) is 16.6 Å². The van der Waals surface area contributed by atoms with Gasteiger partial charge in [0.05, 0.1) is 11.4 Å². The smallest absolute Gasteiger partial charge is 0.407 e. The van der Waals surface area contributed by atoms with Crippen LogP contribution in [0, 0.1) is 28.4 Å². The van der Waals surface area contributed by atoms with Gasteiger partial charge in [-0.15, -0.1) is 0 Å². The third-order valence-corrected chi connectivity index (χ3v) is 6.46. The maximum absolute atomic E-state index is 15.8. The quantitative estimate of drug-likeness (QED) is 0.548. The second-order valence-corrected chi connectivity index (χ2v) is 10.6. The number of carbonyl (C=O) groups is 1. The van der Waals surface area contributed by atoms with E-state index in [1.54, 1.807) is 26.8 Å². The molecule has 3 rings (SSSR count). The molecule has 34 heavy (non-hydrogen) atoms. The van der Waals surface area contributed by atoms with E-state index in [9.17, 15) is 28.0 Å². The van der Waals surface area contributed by atoms with E-state index < -0.39 is 50.3 Å². The summed E-state index contributed by atoms with van der Waals surface area (Å²) >= 11 is 0. The number of amides is 1. The van der Waals surface area contributed by atoms with E-state index in [0.717, 1.165) is 29.3 Å². The molecular formula is C23H22F2N4O4S. The second-order valence-electron chi connectivity index (χ2n) is 8.79. The normalized spacial score (nSPS) is 11.8. The molecule has 2 heterocycles. The van der Waals surface area contributed by atoms with Gasteiger partial charge in [-0.25, -0.2) is 30.9 Å². The molecule has 0 bridgehead atoms. The highest BCUT2D eigenvalue weighted by molar-refractivity contribution is 7.90. The summed E-state index contributed by atoms with van der Waals surface area (Å²) in [4.78, 5) is 16.2. The van der Waals surface area contributed by atoms with Crippen molar-refractivity contribution in [2.75, 3.05) is 6.54 Å². The van der Waals surface area contributed by atoms with Crippen LogP contribution in [0.3, 0.4) is 0 Å². The van der Waals surface area contributed by atoms with Crippen LogP contribution in [0.1, 0.15) is 32.0 Å². The molecule has 0 saturated heterocycles. The van der Waals surface area contributed by atoms with Crippen LogP contribution in [0.25, 0.3) is 11.3 Å². The monoisotopic (exact) mass is 488 g/mol. The Balaban J connectivity index is 2.26. The molecule has 3 aromatic rings. The molecule has 1 N–H and O–H groups in total. The van der Waals surface area contributed by atoms with Crippen LogP contribution in [-0.4, -0.2) is 40.0 Å². The topological polar surface area (TPSA) is 116 Å². The van der Waals surface area contributed by atoms with Crippen LogP contribution in [0.15, 0.2) is 53.7 Å². The van der Waals surface area contributed by atoms with Crippen molar-refractivity contribution in [3.05, 3.63) is 71.7 Å². The molecule has 0 aliphatic carbocycles. The molecule has 0 radical (unpaired) electrons. The van der Waals surface area contributed by atoms with Crippen LogP contribution >= 0.6 is 0 Å². The van der Waals surface area contributed by atoms with Gasteiger partial charge in [0.2, 0.25) is 0 Å². The molecule has 2 aromatic heterocycles. The lowest BCUT2D eigenvalue weighted by Gasteiger charge is -2.27. The molecule has 0 aliphatic rings. The van der Waals surface area contributed by atoms with E-state index in [2.05, 4.69) is 4.98 Å². The van der Waals surface area contributed by atoms with Crippen LogP contribution in [0.5, 0.6) is 0 Å². The Labute approximate surface area is 195 Å². The van der Waals surface area contributed by atoms with Crippen molar-refractivity contribution in [1.82, 2.24) is 13.9 Å². The summed E-state index contributed by atoms with van der Waals surface area (Å²) in [5.74, 6) is -1.83. The van der Waals surface area contributed by atoms with Gasteiger partial charge < -0.3 is 10.0 Å². The lowest BCUT2D eigenvalue weighted by molar-refractivity contribution is 0.122. The third-order valence-electron chi connectivity index (χ3n) is 4.80. The Morgan fingerprint density at radius 2 is 1.94 bits per heavy atom. The fraction of sp³-hybridized carbons (Fsp3) is 0.261. The largest absolute Gasteiger partial charge is 0.465 e. The summed E-state index contributed by atoms with van der Waals surface area (Å²) in [6.45, 7) is 5.02. The number of nitrogens with zero attached hydrogens (tertiary/aromatic N) is 4. The van der Waals surface area contributed by atoms with Crippen molar-refractivity contribution in [1.29, 1.82) is 5.26 Å². The highest BCUT2D eigenvalue weighted by Gasteiger charge is 2.30. The molecule has 178 valence electrons. The number of hydrogen-bond donors (Lipinski definition) is 1. The first-order valence-corrected chi connectivity index (χ1v) is 11.5. The summed E-state index contributed by atoms with van der Waals surface area (Å²) in [6, 6.07) is 8.73. The van der Waals surface area contributed by atoms with E-state index in [1.807, 2.05) is 0 Å². The van der Waals surface area contributed by atoms with Gasteiger partial charge in [0.1, 0.15) is 23.3 Å². The fourth-order valence-electron chi connectivity index (χ4n) is 3.44. The Morgan fingerprint density at radius 1 is 1.24 bits per heavy atom. The highest BCUT2D eigenvalue weighted by atomic mass is 32.2. The zero-order valence-electron chi connectivity index (χ0n) is 18.7. The predicted octanol–water partition coefficient (Wildman–Crippen LogP) is 4.46. The fourth-order valence-corrected chi connectivity index (χ4v) is 4.87. The Hall–Kier alpha value is -3.78. The first-order valence-electron chi connectivity index (χ1n) is 10.1. The average Bonchev–Trinajstić information content (AvgIpc) is 3.08. The van der Waals surface area contributed by atoms with Crippen LogP contribution < -0.4 is 0 Å². The van der Waals surface area contributed by atoms with E-state index >= 15 is 4.39 Å². The Bertz CT molecular complexity index is 1390. The summed E-state index contributed by atoms with van der Waals surface area (Å²) in [7, 11) is -4.52. The lowest BCUT2D eigenvalue weighted by Crippen LogP contribution is -2.36. The third kappa shape index (κ3) is 5.07. The highest BCUT2D eigenvalue weighted by Crippen LogP contribution is 2.33. The van der Waals surface area contributed by atoms with Gasteiger partial charge in [0.15, 0.2) is 5.82 Å². The van der Waals surface area contributed by atoms with Gasteiger partial charge in [-0.2, -0.15) is 5.26 Å². The minimum Gasteiger partial charge on any atom is -0.465 e. The van der Waals surface area contributed by atoms with Crippen molar-refractivity contribution in [2.24, 2.45) is 5.41 Å². The minimum absolute atomic E-state index is 0.0509. The molecule has 0 aliphatic heterocycles. The van der Waals surface area contributed by atoms with E-state index in [0.29, 0.717) is 3.97 Å². The standard InChI is InChI=1S/C23H22F2N4O4S/c1-23(2,3)14-28(22(30)31)12-15-13-29(34(32,33)17-7-4-6-16(24)10-17)21(20(15)25)18-8-5-9-27-19(18)11-26/h4-10,13H,12,14H2,1-3H3,(H,30,31). The predicted molar refractivity (Wildman–Crippen MR) is 119 cm³/mol. The van der Waals surface area contributed by atoms with E-state index in [1.165, 1.54) is 24.4 Å². The number of halogens is 2. The number of rotatable bonds is 6. The summed E-state index contributed by atoms with van der Waals surface area (Å²) in [5, 5.41) is 19.1. The maximum Gasteiger partial charge on any atom is 0.407 e. The molecule has 8 nitrogen and oxygen atoms in total. The molecule has 0 spiro atoms. The van der Waals surface area contributed by atoms with Crippen molar-refractivity contribution in [3.8, 4) is 17.3 Å². The number of hydrogen-bond acceptors (Lipinski definition) is 5. The van der Waals surface area contributed by atoms with Gasteiger partial charge in [-0.05, 0) is 35.7 Å². The SMILES string of the molecule is CC(C)(C)CN(Cc1cn(S(=O)(=O)c2cccc(F)c2)c(-c2cccnc2C#N)c1F)C(=O)O. The summed E-state index contributed by atoms with van der Waals surface area (Å²) < 4.78 is 56.9. The second kappa shape index (κ2) is 9.23. The van der Waals surface area contributed by atoms with Gasteiger partial charge in [-0.1, -0.05) is 26.8 Å². The van der Waals surface area contributed by atoms with Gasteiger partial charge in [0.25, 0.3) is 10.0 Å². The molecule has 0 fully saturated rings. The van der Waals surface area contributed by atoms with E-state index in [-0.39, 0.29) is 23.4 Å². The molecule has 11 heteroatoms. The number of aromatic nitrogens is 2. The van der Waals surface area contributed by atoms with E-state index in [4.69, 9.17) is 0 Å². The average molecular weight is 489 g/mol. The molecule has 0 atom stereocenters. The van der Waals surface area contributed by atoms with Crippen LogP contribution in [0.2, 0.25) is 0 Å². The number of nitriles is 1. The molecular weight excluding hydrogens is 466 g/mol. The lowest BCUT2D eigenvalue weighted by atomic mass is 9.96. The molecule has 0 unspecified atom stereocenters. The van der Waals surface area contributed by atoms with Gasteiger partial charge in [-0.3, -0.25) is 0 Å². The minimum atomic E-state index is -4.52. The zero-order valence-corrected chi connectivity index (χ0v) is 19.5. The zero-order chi connectivity index (χ0) is 25.3. The Kier molecular flexibility index (Phi) is 6.74. The molecule has 1 amide bonds. The Morgan fingerprint density at radius 3 is 2.53 bits per heavy atom. The first kappa shape index (κ1) is 24.9. The summed E-state index contributed by atoms with van der Waals surface area (Å²) in [6.07, 6.45) is 0.943. The van der Waals surface area contributed by atoms with Crippen molar-refractivity contribution >= 4 is 16.1 Å². The number of pyridine rings is 1. The van der Waals surface area contributed by atoms with Crippen molar-refractivity contribution < 1.29 is 27.1 Å². The number of benzene rings is 1. The maximum atomic E-state index is 15.8.